The molecule has 2 aromatic rings. The monoisotopic (exact) mass is 326 g/mol. The van der Waals surface area contributed by atoms with Crippen molar-refractivity contribution in [3.05, 3.63) is 46.8 Å². The van der Waals surface area contributed by atoms with E-state index in [9.17, 15) is 18.0 Å². The highest BCUT2D eigenvalue weighted by molar-refractivity contribution is 5.78. The highest BCUT2D eigenvalue weighted by atomic mass is 19.2. The lowest BCUT2D eigenvalue weighted by atomic mass is 10.1. The Balaban J connectivity index is 2.00. The smallest absolute Gasteiger partial charge is 0.224 e. The van der Waals surface area contributed by atoms with Crippen molar-refractivity contribution < 1.29 is 18.0 Å². The van der Waals surface area contributed by atoms with Gasteiger partial charge in [0.1, 0.15) is 11.6 Å². The van der Waals surface area contributed by atoms with Crippen LogP contribution in [-0.2, 0) is 24.8 Å². The second-order valence-electron chi connectivity index (χ2n) is 5.50. The van der Waals surface area contributed by atoms with Gasteiger partial charge in [-0.3, -0.25) is 4.79 Å². The molecule has 0 unspecified atom stereocenters. The average molecular weight is 326 g/mol. The zero-order valence-corrected chi connectivity index (χ0v) is 13.0. The minimum absolute atomic E-state index is 0.111. The summed E-state index contributed by atoms with van der Waals surface area (Å²) in [5.41, 5.74) is -0.206. The fraction of sp³-hybridized carbons (Fsp3) is 0.400. The minimum atomic E-state index is -1.29. The number of carbonyl (C=O) groups is 1. The third kappa shape index (κ3) is 3.88. The number of halogens is 3. The number of carbonyl (C=O) groups excluding carboxylic acids is 1. The molecule has 1 aromatic heterocycles. The first-order valence-electron chi connectivity index (χ1n) is 7.08. The lowest BCUT2D eigenvalue weighted by Gasteiger charge is -2.08. The first-order chi connectivity index (χ1) is 10.8. The van der Waals surface area contributed by atoms with Crippen LogP contribution in [0.4, 0.5) is 13.2 Å². The Hall–Kier alpha value is -2.38. The van der Waals surface area contributed by atoms with Gasteiger partial charge in [0.05, 0.1) is 13.0 Å². The van der Waals surface area contributed by atoms with Gasteiger partial charge in [0.25, 0.3) is 0 Å². The summed E-state index contributed by atoms with van der Waals surface area (Å²) >= 11 is 0. The van der Waals surface area contributed by atoms with E-state index in [4.69, 9.17) is 0 Å². The lowest BCUT2D eigenvalue weighted by Crippen LogP contribution is -2.26. The largest absolute Gasteiger partial charge is 0.349 e. The summed E-state index contributed by atoms with van der Waals surface area (Å²) in [6.07, 6.45) is -0.391. The van der Waals surface area contributed by atoms with Gasteiger partial charge >= 0.3 is 0 Å². The Labute approximate surface area is 131 Å². The van der Waals surface area contributed by atoms with Gasteiger partial charge in [-0.1, -0.05) is 13.8 Å². The summed E-state index contributed by atoms with van der Waals surface area (Å²) in [6, 6.07) is 1.11. The molecule has 5 nitrogen and oxygen atoms in total. The molecule has 2 rings (SSSR count). The molecule has 0 spiro atoms. The summed E-state index contributed by atoms with van der Waals surface area (Å²) < 4.78 is 41.2. The first kappa shape index (κ1) is 17.0. The van der Waals surface area contributed by atoms with Crippen molar-refractivity contribution in [3.63, 3.8) is 0 Å². The number of aromatic nitrogens is 3. The molecule has 0 aliphatic carbocycles. The van der Waals surface area contributed by atoms with Crippen LogP contribution in [-0.4, -0.2) is 20.7 Å². The first-order valence-corrected chi connectivity index (χ1v) is 7.08. The van der Waals surface area contributed by atoms with Gasteiger partial charge in [-0.05, 0) is 6.07 Å². The van der Waals surface area contributed by atoms with Gasteiger partial charge in [-0.25, -0.2) is 13.2 Å². The van der Waals surface area contributed by atoms with Gasteiger partial charge in [0.2, 0.25) is 5.91 Å². The molecule has 0 aliphatic heterocycles. The van der Waals surface area contributed by atoms with Gasteiger partial charge < -0.3 is 9.88 Å². The standard InChI is InChI=1S/C15H17F3N4O/c1-8(2)15-21-20-13(22(15)3)7-19-14(23)5-9-4-11(17)12(18)6-10(9)16/h4,6,8H,5,7H2,1-3H3,(H,19,23). The van der Waals surface area contributed by atoms with Gasteiger partial charge in [-0.15, -0.1) is 10.2 Å². The zero-order chi connectivity index (χ0) is 17.1. The predicted molar refractivity (Wildman–Crippen MR) is 77.0 cm³/mol. The van der Waals surface area contributed by atoms with Crippen LogP contribution in [0.15, 0.2) is 12.1 Å². The summed E-state index contributed by atoms with van der Waals surface area (Å²) in [5, 5.41) is 10.6. The van der Waals surface area contributed by atoms with Crippen LogP contribution in [0.1, 0.15) is 37.0 Å². The maximum absolute atomic E-state index is 13.5. The molecule has 0 fully saturated rings. The predicted octanol–water partition coefficient (Wildman–Crippen LogP) is 2.21. The van der Waals surface area contributed by atoms with Crippen molar-refractivity contribution in [2.45, 2.75) is 32.7 Å². The molecule has 0 atom stereocenters. The summed E-state index contributed by atoms with van der Waals surface area (Å²) in [6.45, 7) is 4.05. The Morgan fingerprint density at radius 1 is 1.17 bits per heavy atom. The van der Waals surface area contributed by atoms with Crippen LogP contribution in [0.3, 0.4) is 0 Å². The maximum atomic E-state index is 13.5. The van der Waals surface area contributed by atoms with E-state index < -0.39 is 29.8 Å². The number of benzene rings is 1. The lowest BCUT2D eigenvalue weighted by molar-refractivity contribution is -0.120. The highest BCUT2D eigenvalue weighted by Gasteiger charge is 2.15. The molecule has 1 heterocycles. The quantitative estimate of drug-likeness (QED) is 0.857. The molecule has 1 N–H and O–H groups in total. The molecule has 124 valence electrons. The van der Waals surface area contributed by atoms with Crippen molar-refractivity contribution in [3.8, 4) is 0 Å². The molecule has 1 amide bonds. The van der Waals surface area contributed by atoms with E-state index in [1.807, 2.05) is 13.8 Å². The van der Waals surface area contributed by atoms with Crippen LogP contribution < -0.4 is 5.32 Å². The fourth-order valence-corrected chi connectivity index (χ4v) is 2.14. The minimum Gasteiger partial charge on any atom is -0.349 e. The van der Waals surface area contributed by atoms with E-state index in [1.165, 1.54) is 0 Å². The van der Waals surface area contributed by atoms with Gasteiger partial charge in [0.15, 0.2) is 17.5 Å². The van der Waals surface area contributed by atoms with Crippen LogP contribution in [0.5, 0.6) is 0 Å². The third-order valence-electron chi connectivity index (χ3n) is 3.40. The second-order valence-corrected chi connectivity index (χ2v) is 5.50. The Morgan fingerprint density at radius 2 is 1.83 bits per heavy atom. The van der Waals surface area contributed by atoms with E-state index in [0.29, 0.717) is 18.0 Å². The van der Waals surface area contributed by atoms with Gasteiger partial charge in [0, 0.05) is 24.6 Å². The Morgan fingerprint density at radius 3 is 2.43 bits per heavy atom. The van der Waals surface area contributed by atoms with E-state index >= 15 is 0 Å². The van der Waals surface area contributed by atoms with Gasteiger partial charge in [-0.2, -0.15) is 0 Å². The summed E-state index contributed by atoms with van der Waals surface area (Å²) in [5.74, 6) is -2.44. The van der Waals surface area contributed by atoms with Crippen molar-refractivity contribution in [2.24, 2.45) is 7.05 Å². The zero-order valence-electron chi connectivity index (χ0n) is 13.0. The van der Waals surface area contributed by atoms with Crippen molar-refractivity contribution >= 4 is 5.91 Å². The molecule has 0 radical (unpaired) electrons. The normalized spacial score (nSPS) is 11.1. The number of amides is 1. The summed E-state index contributed by atoms with van der Waals surface area (Å²) in [4.78, 5) is 11.8. The Bertz CT molecular complexity index is 728. The van der Waals surface area contributed by atoms with Crippen LogP contribution in [0, 0.1) is 17.5 Å². The van der Waals surface area contributed by atoms with Crippen LogP contribution in [0.2, 0.25) is 0 Å². The second kappa shape index (κ2) is 6.80. The Kier molecular flexibility index (Phi) is 5.02. The van der Waals surface area contributed by atoms with E-state index in [2.05, 4.69) is 15.5 Å². The SMILES string of the molecule is CC(C)c1nnc(CNC(=O)Cc2cc(F)c(F)cc2F)n1C. The molecule has 1 aromatic carbocycles. The van der Waals surface area contributed by atoms with E-state index in [0.717, 1.165) is 5.82 Å². The van der Waals surface area contributed by atoms with Crippen molar-refractivity contribution in [1.82, 2.24) is 20.1 Å². The molecule has 0 bridgehead atoms. The number of rotatable bonds is 5. The average Bonchev–Trinajstić information content (AvgIpc) is 2.84. The van der Waals surface area contributed by atoms with Crippen molar-refractivity contribution in [1.29, 1.82) is 0 Å². The number of nitrogens with one attached hydrogen (secondary N) is 1. The molecule has 0 saturated heterocycles. The van der Waals surface area contributed by atoms with E-state index in [1.54, 1.807) is 11.6 Å². The molecule has 0 saturated carbocycles. The molecular formula is C15H17F3N4O. The maximum Gasteiger partial charge on any atom is 0.224 e. The number of hydrogen-bond donors (Lipinski definition) is 1. The molecular weight excluding hydrogens is 309 g/mol. The highest BCUT2D eigenvalue weighted by Crippen LogP contribution is 2.14. The number of hydrogen-bond acceptors (Lipinski definition) is 3. The van der Waals surface area contributed by atoms with Crippen LogP contribution >= 0.6 is 0 Å². The van der Waals surface area contributed by atoms with Crippen molar-refractivity contribution in [2.75, 3.05) is 0 Å². The fourth-order valence-electron chi connectivity index (χ4n) is 2.14. The number of nitrogens with zero attached hydrogens (tertiary/aromatic N) is 3. The van der Waals surface area contributed by atoms with Crippen LogP contribution in [0.25, 0.3) is 0 Å². The van der Waals surface area contributed by atoms with E-state index in [-0.39, 0.29) is 18.0 Å². The topological polar surface area (TPSA) is 59.8 Å². The molecule has 8 heteroatoms. The summed E-state index contributed by atoms with van der Waals surface area (Å²) in [7, 11) is 1.78. The third-order valence-corrected chi connectivity index (χ3v) is 3.40. The molecule has 0 aliphatic rings. The molecule has 23 heavy (non-hydrogen) atoms.